The number of aliphatic hydroxyl groups excluding tert-OH is 1. The van der Waals surface area contributed by atoms with Crippen LogP contribution < -0.4 is 10.6 Å². The first-order valence-corrected chi connectivity index (χ1v) is 8.76. The first-order chi connectivity index (χ1) is 12.0. The summed E-state index contributed by atoms with van der Waals surface area (Å²) < 4.78 is 0. The fourth-order valence-corrected chi connectivity index (χ4v) is 2.95. The predicted octanol–water partition coefficient (Wildman–Crippen LogP) is 2.15. The molecule has 1 saturated carbocycles. The van der Waals surface area contributed by atoms with Gasteiger partial charge >= 0.3 is 0 Å². The van der Waals surface area contributed by atoms with Crippen molar-refractivity contribution in [2.24, 2.45) is 11.8 Å². The molecule has 2 aromatic carbocycles. The molecule has 0 unspecified atom stereocenters. The third-order valence-electron chi connectivity index (χ3n) is 4.75. The number of rotatable bonds is 7. The lowest BCUT2D eigenvalue weighted by atomic mass is 10.0. The highest BCUT2D eigenvalue weighted by atomic mass is 16.3. The lowest BCUT2D eigenvalue weighted by Crippen LogP contribution is -2.33. The Labute approximate surface area is 147 Å². The van der Waals surface area contributed by atoms with Crippen LogP contribution in [0.3, 0.4) is 0 Å². The largest absolute Gasteiger partial charge is 0.387 e. The van der Waals surface area contributed by atoms with Gasteiger partial charge in [-0.05, 0) is 34.7 Å². The summed E-state index contributed by atoms with van der Waals surface area (Å²) in [5, 5.41) is 17.9. The van der Waals surface area contributed by atoms with Gasteiger partial charge in [0.05, 0.1) is 6.10 Å². The van der Waals surface area contributed by atoms with Crippen molar-refractivity contribution >= 4 is 22.6 Å². The second-order valence-corrected chi connectivity index (χ2v) is 6.79. The van der Waals surface area contributed by atoms with E-state index in [1.165, 1.54) is 0 Å². The van der Waals surface area contributed by atoms with Crippen LogP contribution in [0.1, 0.15) is 31.4 Å². The first-order valence-electron chi connectivity index (χ1n) is 8.76. The van der Waals surface area contributed by atoms with Gasteiger partial charge in [-0.25, -0.2) is 0 Å². The molecule has 3 N–H and O–H groups in total. The zero-order valence-corrected chi connectivity index (χ0v) is 14.4. The van der Waals surface area contributed by atoms with Crippen molar-refractivity contribution in [3.8, 4) is 0 Å². The van der Waals surface area contributed by atoms with Crippen LogP contribution in [0, 0.1) is 11.8 Å². The van der Waals surface area contributed by atoms with Gasteiger partial charge in [0, 0.05) is 25.4 Å². The van der Waals surface area contributed by atoms with Crippen molar-refractivity contribution in [2.45, 2.75) is 25.9 Å². The summed E-state index contributed by atoms with van der Waals surface area (Å²) in [6, 6.07) is 13.7. The van der Waals surface area contributed by atoms with Gasteiger partial charge < -0.3 is 15.7 Å². The molecule has 5 nitrogen and oxygen atoms in total. The minimum Gasteiger partial charge on any atom is -0.387 e. The van der Waals surface area contributed by atoms with E-state index >= 15 is 0 Å². The van der Waals surface area contributed by atoms with Crippen molar-refractivity contribution in [3.05, 3.63) is 48.0 Å². The van der Waals surface area contributed by atoms with E-state index in [4.69, 9.17) is 0 Å². The number of nitrogens with one attached hydrogen (secondary N) is 2. The number of amides is 2. The summed E-state index contributed by atoms with van der Waals surface area (Å²) in [5.74, 6) is 0.448. The van der Waals surface area contributed by atoms with Gasteiger partial charge in [-0.15, -0.1) is 0 Å². The molecule has 2 aromatic rings. The maximum absolute atomic E-state index is 11.8. The molecule has 3 rings (SSSR count). The Morgan fingerprint density at radius 1 is 1.16 bits per heavy atom. The number of aliphatic hydroxyl groups is 1. The Balaban J connectivity index is 1.42. The molecule has 1 fully saturated rings. The summed E-state index contributed by atoms with van der Waals surface area (Å²) in [4.78, 5) is 23.5. The van der Waals surface area contributed by atoms with E-state index in [0.717, 1.165) is 22.8 Å². The molecular formula is C20H24N2O3. The first kappa shape index (κ1) is 17.4. The lowest BCUT2D eigenvalue weighted by molar-refractivity contribution is -0.123. The molecule has 1 aliphatic carbocycles. The molecule has 2 amide bonds. The Morgan fingerprint density at radius 2 is 1.88 bits per heavy atom. The van der Waals surface area contributed by atoms with E-state index in [2.05, 4.69) is 10.6 Å². The SMILES string of the molecule is C[C@@H]1C[C@@H]1C(=O)NCCC(=O)NC[C@@H](O)c1ccc2ccccc2c1. The quantitative estimate of drug-likeness (QED) is 0.723. The van der Waals surface area contributed by atoms with E-state index in [1.807, 2.05) is 49.4 Å². The topological polar surface area (TPSA) is 78.4 Å². The maximum atomic E-state index is 11.8. The molecular weight excluding hydrogens is 316 g/mol. The van der Waals surface area contributed by atoms with Gasteiger partial charge in [-0.3, -0.25) is 9.59 Å². The average molecular weight is 340 g/mol. The van der Waals surface area contributed by atoms with E-state index in [1.54, 1.807) is 0 Å². The fourth-order valence-electron chi connectivity index (χ4n) is 2.95. The predicted molar refractivity (Wildman–Crippen MR) is 96.8 cm³/mol. The van der Waals surface area contributed by atoms with Crippen molar-refractivity contribution in [2.75, 3.05) is 13.1 Å². The number of fused-ring (bicyclic) bond motifs is 1. The Kier molecular flexibility index (Phi) is 5.34. The lowest BCUT2D eigenvalue weighted by Gasteiger charge is -2.13. The summed E-state index contributed by atoms with van der Waals surface area (Å²) >= 11 is 0. The van der Waals surface area contributed by atoms with E-state index < -0.39 is 6.10 Å². The van der Waals surface area contributed by atoms with Crippen molar-refractivity contribution in [1.82, 2.24) is 10.6 Å². The van der Waals surface area contributed by atoms with Gasteiger partial charge in [-0.1, -0.05) is 43.3 Å². The minimum absolute atomic E-state index is 0.0384. The van der Waals surface area contributed by atoms with Crippen LogP contribution in [0.15, 0.2) is 42.5 Å². The number of hydrogen-bond donors (Lipinski definition) is 3. The normalized spacial score (nSPS) is 20.1. The van der Waals surface area contributed by atoms with Crippen LogP contribution >= 0.6 is 0 Å². The zero-order chi connectivity index (χ0) is 17.8. The Bertz CT molecular complexity index is 774. The van der Waals surface area contributed by atoms with E-state index in [-0.39, 0.29) is 30.7 Å². The second kappa shape index (κ2) is 7.66. The molecule has 132 valence electrons. The number of benzene rings is 2. The van der Waals surface area contributed by atoms with Crippen LogP contribution in [-0.2, 0) is 9.59 Å². The highest BCUT2D eigenvalue weighted by molar-refractivity contribution is 5.83. The molecule has 25 heavy (non-hydrogen) atoms. The third-order valence-corrected chi connectivity index (χ3v) is 4.75. The standard InChI is InChI=1S/C20H24N2O3/c1-13-10-17(13)20(25)21-9-8-19(24)22-12-18(23)16-7-6-14-4-2-3-5-15(14)11-16/h2-7,11,13,17-18,23H,8-10,12H2,1H3,(H,21,25)(H,22,24)/t13-,17+,18-/m1/s1. The van der Waals surface area contributed by atoms with Crippen LogP contribution in [0.4, 0.5) is 0 Å². The summed E-state index contributed by atoms with van der Waals surface area (Å²) in [7, 11) is 0. The molecule has 1 aliphatic rings. The molecule has 0 aromatic heterocycles. The maximum Gasteiger partial charge on any atom is 0.223 e. The Hall–Kier alpha value is -2.40. The van der Waals surface area contributed by atoms with E-state index in [0.29, 0.717) is 12.5 Å². The number of carbonyl (C=O) groups is 2. The highest BCUT2D eigenvalue weighted by Crippen LogP contribution is 2.37. The summed E-state index contributed by atoms with van der Waals surface area (Å²) in [6.07, 6.45) is 0.406. The molecule has 0 aliphatic heterocycles. The van der Waals surface area contributed by atoms with Crippen molar-refractivity contribution in [3.63, 3.8) is 0 Å². The van der Waals surface area contributed by atoms with Gasteiger partial charge in [0.25, 0.3) is 0 Å². The average Bonchev–Trinajstić information content (AvgIpc) is 3.36. The molecule has 0 spiro atoms. The molecule has 5 heteroatoms. The van der Waals surface area contributed by atoms with Crippen LogP contribution in [0.25, 0.3) is 10.8 Å². The van der Waals surface area contributed by atoms with Crippen LogP contribution in [0.5, 0.6) is 0 Å². The molecule has 0 saturated heterocycles. The third kappa shape index (κ3) is 4.57. The summed E-state index contributed by atoms with van der Waals surface area (Å²) in [6.45, 7) is 2.54. The van der Waals surface area contributed by atoms with Gasteiger partial charge in [0.1, 0.15) is 0 Å². The van der Waals surface area contributed by atoms with Gasteiger partial charge in [0.15, 0.2) is 0 Å². The highest BCUT2D eigenvalue weighted by Gasteiger charge is 2.38. The second-order valence-electron chi connectivity index (χ2n) is 6.79. The number of hydrogen-bond acceptors (Lipinski definition) is 3. The number of carbonyl (C=O) groups excluding carboxylic acids is 2. The zero-order valence-electron chi connectivity index (χ0n) is 14.4. The Morgan fingerprint density at radius 3 is 2.60 bits per heavy atom. The molecule has 3 atom stereocenters. The van der Waals surface area contributed by atoms with Crippen molar-refractivity contribution < 1.29 is 14.7 Å². The molecule has 0 radical (unpaired) electrons. The fraction of sp³-hybridized carbons (Fsp3) is 0.400. The monoisotopic (exact) mass is 340 g/mol. The van der Waals surface area contributed by atoms with Gasteiger partial charge in [-0.2, -0.15) is 0 Å². The molecule has 0 bridgehead atoms. The van der Waals surface area contributed by atoms with Crippen LogP contribution in [0.2, 0.25) is 0 Å². The smallest absolute Gasteiger partial charge is 0.223 e. The molecule has 0 heterocycles. The van der Waals surface area contributed by atoms with E-state index in [9.17, 15) is 14.7 Å². The van der Waals surface area contributed by atoms with Gasteiger partial charge in [0.2, 0.25) is 11.8 Å². The van der Waals surface area contributed by atoms with Crippen LogP contribution in [-0.4, -0.2) is 30.0 Å². The minimum atomic E-state index is -0.754. The summed E-state index contributed by atoms with van der Waals surface area (Å²) in [5.41, 5.74) is 0.773. The van der Waals surface area contributed by atoms with Crippen molar-refractivity contribution in [1.29, 1.82) is 0 Å².